The number of aromatic hydroxyl groups is 1. The molecule has 5 nitrogen and oxygen atoms in total. The number of halogens is 1. The molecule has 0 amide bonds. The molecule has 0 spiro atoms. The number of nitrogens with zero attached hydrogens (tertiary/aromatic N) is 1. The van der Waals surface area contributed by atoms with Crippen LogP contribution in [-0.4, -0.2) is 19.4 Å². The van der Waals surface area contributed by atoms with Crippen LogP contribution in [-0.2, 0) is 10.0 Å². The molecule has 0 saturated carbocycles. The first-order valence-corrected chi connectivity index (χ1v) is 9.90. The zero-order valence-corrected chi connectivity index (χ0v) is 15.9. The van der Waals surface area contributed by atoms with Gasteiger partial charge >= 0.3 is 0 Å². The maximum Gasteiger partial charge on any atom is 0.284 e. The van der Waals surface area contributed by atoms with E-state index >= 15 is 0 Å². The van der Waals surface area contributed by atoms with Crippen LogP contribution in [0.1, 0.15) is 5.56 Å². The third-order valence-corrected chi connectivity index (χ3v) is 5.44. The van der Waals surface area contributed by atoms with Crippen LogP contribution in [0.25, 0.3) is 0 Å². The fraction of sp³-hybridized carbons (Fsp3) is 0. The van der Waals surface area contributed by atoms with Gasteiger partial charge in [0.15, 0.2) is 5.84 Å². The normalized spacial score (nSPS) is 12.0. The second-order valence-corrected chi connectivity index (χ2v) is 7.84. The van der Waals surface area contributed by atoms with Crippen molar-refractivity contribution in [3.05, 3.63) is 88.9 Å². The van der Waals surface area contributed by atoms with Gasteiger partial charge in [-0.1, -0.05) is 48.5 Å². The van der Waals surface area contributed by atoms with Gasteiger partial charge in [0, 0.05) is 11.3 Å². The summed E-state index contributed by atoms with van der Waals surface area (Å²) in [7, 11) is -3.88. The Morgan fingerprint density at radius 3 is 2.15 bits per heavy atom. The molecule has 0 saturated heterocycles. The smallest absolute Gasteiger partial charge is 0.284 e. The Bertz CT molecular complexity index is 1040. The summed E-state index contributed by atoms with van der Waals surface area (Å²) in [5.41, 5.74) is 1.21. The number of sulfonamides is 1. The molecule has 7 heteroatoms. The molecule has 0 aliphatic heterocycles. The van der Waals surface area contributed by atoms with Crippen molar-refractivity contribution in [2.75, 3.05) is 5.32 Å². The summed E-state index contributed by atoms with van der Waals surface area (Å²) >= 11 is 3.24. The van der Waals surface area contributed by atoms with E-state index in [1.807, 2.05) is 6.07 Å². The highest BCUT2D eigenvalue weighted by Crippen LogP contribution is 2.27. The number of rotatable bonds is 4. The zero-order valence-electron chi connectivity index (χ0n) is 13.5. The molecular weight excluding hydrogens is 416 g/mol. The van der Waals surface area contributed by atoms with Crippen LogP contribution in [0.4, 0.5) is 5.69 Å². The Morgan fingerprint density at radius 1 is 0.923 bits per heavy atom. The van der Waals surface area contributed by atoms with Crippen molar-refractivity contribution in [2.24, 2.45) is 4.40 Å². The summed E-state index contributed by atoms with van der Waals surface area (Å²) < 4.78 is 29.8. The van der Waals surface area contributed by atoms with Crippen molar-refractivity contribution in [3.8, 4) is 5.75 Å². The second-order valence-electron chi connectivity index (χ2n) is 5.39. The standard InChI is InChI=1S/C19H15BrN2O3S/c20-17-13-15(11-12-18(17)23)21-19(14-7-3-1-4-8-14)22-26(24,25)16-9-5-2-6-10-16/h1-13,23H,(H,21,22). The van der Waals surface area contributed by atoms with Gasteiger partial charge in [-0.25, -0.2) is 0 Å². The number of phenols is 1. The fourth-order valence-corrected chi connectivity index (χ4v) is 3.61. The van der Waals surface area contributed by atoms with Crippen LogP contribution >= 0.6 is 15.9 Å². The number of nitrogens with one attached hydrogen (secondary N) is 1. The fourth-order valence-electron chi connectivity index (χ4n) is 2.23. The lowest BCUT2D eigenvalue weighted by Crippen LogP contribution is -2.16. The van der Waals surface area contributed by atoms with Gasteiger partial charge < -0.3 is 10.4 Å². The number of hydrogen-bond acceptors (Lipinski definition) is 3. The number of phenolic OH excluding ortho intramolecular Hbond substituents is 1. The molecule has 3 aromatic rings. The first kappa shape index (κ1) is 18.2. The van der Waals surface area contributed by atoms with Gasteiger partial charge in [0.05, 0.1) is 9.37 Å². The molecule has 0 fully saturated rings. The molecule has 132 valence electrons. The first-order chi connectivity index (χ1) is 12.5. The van der Waals surface area contributed by atoms with E-state index in [0.717, 1.165) is 0 Å². The average Bonchev–Trinajstić information content (AvgIpc) is 2.65. The van der Waals surface area contributed by atoms with E-state index < -0.39 is 10.0 Å². The van der Waals surface area contributed by atoms with Crippen molar-refractivity contribution in [1.29, 1.82) is 0 Å². The lowest BCUT2D eigenvalue weighted by molar-refractivity contribution is 0.472. The average molecular weight is 431 g/mol. The Balaban J connectivity index is 2.05. The van der Waals surface area contributed by atoms with Crippen molar-refractivity contribution >= 4 is 37.5 Å². The molecule has 26 heavy (non-hydrogen) atoms. The van der Waals surface area contributed by atoms with E-state index in [1.165, 1.54) is 18.2 Å². The molecule has 0 bridgehead atoms. The molecule has 2 N–H and O–H groups in total. The Morgan fingerprint density at radius 2 is 1.54 bits per heavy atom. The van der Waals surface area contributed by atoms with Crippen LogP contribution in [0.15, 0.2) is 92.6 Å². The number of benzene rings is 3. The Kier molecular flexibility index (Phi) is 5.39. The van der Waals surface area contributed by atoms with E-state index in [0.29, 0.717) is 15.7 Å². The maximum atomic E-state index is 12.7. The molecule has 3 aromatic carbocycles. The van der Waals surface area contributed by atoms with Crippen LogP contribution in [0.2, 0.25) is 0 Å². The van der Waals surface area contributed by atoms with Gasteiger partial charge in [0.2, 0.25) is 0 Å². The molecular formula is C19H15BrN2O3S. The zero-order chi connectivity index (χ0) is 18.6. The minimum Gasteiger partial charge on any atom is -0.507 e. The van der Waals surface area contributed by atoms with E-state index in [-0.39, 0.29) is 16.5 Å². The van der Waals surface area contributed by atoms with Crippen LogP contribution in [0.3, 0.4) is 0 Å². The van der Waals surface area contributed by atoms with E-state index in [4.69, 9.17) is 0 Å². The van der Waals surface area contributed by atoms with Gasteiger partial charge in [0.1, 0.15) is 5.75 Å². The predicted molar refractivity (Wildman–Crippen MR) is 106 cm³/mol. The Labute approximate surface area is 160 Å². The maximum absolute atomic E-state index is 12.7. The molecule has 0 aliphatic rings. The van der Waals surface area contributed by atoms with E-state index in [2.05, 4.69) is 25.6 Å². The lowest BCUT2D eigenvalue weighted by Gasteiger charge is -2.11. The molecule has 0 atom stereocenters. The van der Waals surface area contributed by atoms with Crippen LogP contribution < -0.4 is 5.32 Å². The lowest BCUT2D eigenvalue weighted by atomic mass is 10.2. The summed E-state index contributed by atoms with van der Waals surface area (Å²) in [4.78, 5) is 0.113. The number of amidine groups is 1. The molecule has 0 unspecified atom stereocenters. The molecule has 3 rings (SSSR count). The quantitative estimate of drug-likeness (QED) is 0.365. The van der Waals surface area contributed by atoms with E-state index in [1.54, 1.807) is 54.6 Å². The van der Waals surface area contributed by atoms with Crippen LogP contribution in [0.5, 0.6) is 5.75 Å². The highest BCUT2D eigenvalue weighted by atomic mass is 79.9. The predicted octanol–water partition coefficient (Wildman–Crippen LogP) is 4.40. The van der Waals surface area contributed by atoms with Crippen molar-refractivity contribution in [3.63, 3.8) is 0 Å². The highest BCUT2D eigenvalue weighted by molar-refractivity contribution is 9.10. The molecule has 0 aromatic heterocycles. The minimum atomic E-state index is -3.88. The summed E-state index contributed by atoms with van der Waals surface area (Å²) in [6.45, 7) is 0. The topological polar surface area (TPSA) is 78.8 Å². The van der Waals surface area contributed by atoms with Gasteiger partial charge in [-0.05, 0) is 46.3 Å². The monoisotopic (exact) mass is 430 g/mol. The van der Waals surface area contributed by atoms with Crippen molar-refractivity contribution < 1.29 is 13.5 Å². The third kappa shape index (κ3) is 4.30. The second kappa shape index (κ2) is 7.72. The molecule has 0 radical (unpaired) electrons. The summed E-state index contributed by atoms with van der Waals surface area (Å²) in [5.74, 6) is 0.276. The van der Waals surface area contributed by atoms with Gasteiger partial charge in [0.25, 0.3) is 10.0 Å². The molecule has 0 aliphatic carbocycles. The van der Waals surface area contributed by atoms with Crippen molar-refractivity contribution in [1.82, 2.24) is 0 Å². The largest absolute Gasteiger partial charge is 0.507 e. The minimum absolute atomic E-state index is 0.0886. The van der Waals surface area contributed by atoms with E-state index in [9.17, 15) is 13.5 Å². The Hall–Kier alpha value is -2.64. The number of anilines is 1. The van der Waals surface area contributed by atoms with Gasteiger partial charge in [-0.2, -0.15) is 8.42 Å². The van der Waals surface area contributed by atoms with Gasteiger partial charge in [-0.15, -0.1) is 4.40 Å². The summed E-state index contributed by atoms with van der Waals surface area (Å²) in [6, 6.07) is 21.8. The summed E-state index contributed by atoms with van der Waals surface area (Å²) in [6.07, 6.45) is 0. The van der Waals surface area contributed by atoms with Gasteiger partial charge in [-0.3, -0.25) is 0 Å². The van der Waals surface area contributed by atoms with Crippen LogP contribution in [0, 0.1) is 0 Å². The molecule has 0 heterocycles. The SMILES string of the molecule is O=S(=O)(N=C(Nc1ccc(O)c(Br)c1)c1ccccc1)c1ccccc1. The highest BCUT2D eigenvalue weighted by Gasteiger charge is 2.15. The summed E-state index contributed by atoms with van der Waals surface area (Å²) in [5, 5.41) is 12.6. The third-order valence-electron chi connectivity index (χ3n) is 3.51. The number of hydrogen-bond donors (Lipinski definition) is 2. The van der Waals surface area contributed by atoms with Crippen molar-refractivity contribution in [2.45, 2.75) is 4.90 Å². The first-order valence-electron chi connectivity index (χ1n) is 7.67.